The number of halogens is 1. The molecule has 0 aliphatic heterocycles. The van der Waals surface area contributed by atoms with E-state index in [4.69, 9.17) is 11.6 Å². The smallest absolute Gasteiger partial charge is 0.144 e. The van der Waals surface area contributed by atoms with E-state index in [0.717, 1.165) is 11.3 Å². The number of hydrogen-bond donors (Lipinski definition) is 1. The first-order chi connectivity index (χ1) is 6.24. The summed E-state index contributed by atoms with van der Waals surface area (Å²) >= 11 is 5.87. The summed E-state index contributed by atoms with van der Waals surface area (Å²) in [6, 6.07) is 3.78. The molecular weight excluding hydrogens is 184 g/mol. The van der Waals surface area contributed by atoms with Gasteiger partial charge >= 0.3 is 0 Å². The number of nitrogens with one attached hydrogen (secondary N) is 1. The maximum atomic E-state index is 5.87. The van der Waals surface area contributed by atoms with E-state index in [9.17, 15) is 0 Å². The van der Waals surface area contributed by atoms with Crippen molar-refractivity contribution in [2.45, 2.75) is 6.92 Å². The Labute approximate surface area is 83.3 Å². The molecule has 0 spiro atoms. The molecule has 0 amide bonds. The SMILES string of the molecule is CNCC#Cc1ccc(C)nc1Cl. The van der Waals surface area contributed by atoms with Crippen LogP contribution in [0.3, 0.4) is 0 Å². The van der Waals surface area contributed by atoms with Crippen molar-refractivity contribution in [1.82, 2.24) is 10.3 Å². The monoisotopic (exact) mass is 194 g/mol. The second kappa shape index (κ2) is 4.86. The predicted molar refractivity (Wildman–Crippen MR) is 54.8 cm³/mol. The minimum Gasteiger partial charge on any atom is -0.309 e. The number of aromatic nitrogens is 1. The summed E-state index contributed by atoms with van der Waals surface area (Å²) in [5.41, 5.74) is 1.69. The molecule has 1 rings (SSSR count). The molecule has 0 fully saturated rings. The van der Waals surface area contributed by atoms with Crippen molar-refractivity contribution < 1.29 is 0 Å². The summed E-state index contributed by atoms with van der Waals surface area (Å²) in [7, 11) is 1.85. The summed E-state index contributed by atoms with van der Waals surface area (Å²) in [5, 5.41) is 3.41. The molecule has 3 heteroatoms. The standard InChI is InChI=1S/C10H11ClN2/c1-8-5-6-9(10(11)13-8)4-3-7-12-2/h5-6,12H,7H2,1-2H3. The van der Waals surface area contributed by atoms with Gasteiger partial charge in [-0.2, -0.15) is 0 Å². The van der Waals surface area contributed by atoms with Gasteiger partial charge in [0.1, 0.15) is 5.15 Å². The van der Waals surface area contributed by atoms with Crippen LogP contribution in [0.4, 0.5) is 0 Å². The zero-order valence-corrected chi connectivity index (χ0v) is 8.44. The van der Waals surface area contributed by atoms with Gasteiger partial charge < -0.3 is 5.32 Å². The van der Waals surface area contributed by atoms with Gasteiger partial charge in [0.15, 0.2) is 0 Å². The first-order valence-electron chi connectivity index (χ1n) is 4.00. The quantitative estimate of drug-likeness (QED) is 0.543. The summed E-state index contributed by atoms with van der Waals surface area (Å²) in [5.74, 6) is 5.86. The molecule has 0 unspecified atom stereocenters. The van der Waals surface area contributed by atoms with Crippen molar-refractivity contribution >= 4 is 11.6 Å². The van der Waals surface area contributed by atoms with E-state index in [2.05, 4.69) is 22.1 Å². The second-order valence-corrected chi connectivity index (χ2v) is 2.98. The van der Waals surface area contributed by atoms with Gasteiger partial charge in [-0.25, -0.2) is 4.98 Å². The van der Waals surface area contributed by atoms with Crippen molar-refractivity contribution in [2.75, 3.05) is 13.6 Å². The zero-order valence-electron chi connectivity index (χ0n) is 7.69. The minimum absolute atomic E-state index is 0.476. The van der Waals surface area contributed by atoms with E-state index < -0.39 is 0 Å². The molecule has 0 aliphatic carbocycles. The Morgan fingerprint density at radius 3 is 2.92 bits per heavy atom. The van der Waals surface area contributed by atoms with Gasteiger partial charge in [0.05, 0.1) is 12.1 Å². The van der Waals surface area contributed by atoms with Gasteiger partial charge in [-0.3, -0.25) is 0 Å². The Bertz CT molecular complexity index is 350. The highest BCUT2D eigenvalue weighted by atomic mass is 35.5. The van der Waals surface area contributed by atoms with Crippen LogP contribution in [0.5, 0.6) is 0 Å². The molecule has 68 valence electrons. The fraction of sp³-hybridized carbons (Fsp3) is 0.300. The largest absolute Gasteiger partial charge is 0.309 e. The van der Waals surface area contributed by atoms with E-state index in [1.165, 1.54) is 0 Å². The van der Waals surface area contributed by atoms with E-state index in [1.807, 2.05) is 26.1 Å². The molecule has 0 atom stereocenters. The lowest BCUT2D eigenvalue weighted by atomic mass is 10.2. The molecule has 13 heavy (non-hydrogen) atoms. The highest BCUT2D eigenvalue weighted by Crippen LogP contribution is 2.11. The number of hydrogen-bond acceptors (Lipinski definition) is 2. The van der Waals surface area contributed by atoms with Crippen molar-refractivity contribution in [3.8, 4) is 11.8 Å². The Morgan fingerprint density at radius 1 is 1.54 bits per heavy atom. The molecule has 0 saturated carbocycles. The summed E-state index contributed by atoms with van der Waals surface area (Å²) < 4.78 is 0. The predicted octanol–water partition coefficient (Wildman–Crippen LogP) is 1.61. The summed E-state index contributed by atoms with van der Waals surface area (Å²) in [6.07, 6.45) is 0. The van der Waals surface area contributed by atoms with Gasteiger partial charge in [0.2, 0.25) is 0 Å². The lowest BCUT2D eigenvalue weighted by Crippen LogP contribution is -2.04. The van der Waals surface area contributed by atoms with Crippen LogP contribution in [0.1, 0.15) is 11.3 Å². The number of aryl methyl sites for hydroxylation is 1. The van der Waals surface area contributed by atoms with E-state index >= 15 is 0 Å². The zero-order chi connectivity index (χ0) is 9.68. The molecule has 0 aromatic carbocycles. The fourth-order valence-corrected chi connectivity index (χ4v) is 1.09. The van der Waals surface area contributed by atoms with Crippen LogP contribution >= 0.6 is 11.6 Å². The molecule has 1 heterocycles. The maximum absolute atomic E-state index is 5.87. The van der Waals surface area contributed by atoms with E-state index in [1.54, 1.807) is 0 Å². The average Bonchev–Trinajstić information content (AvgIpc) is 2.09. The molecule has 0 saturated heterocycles. The van der Waals surface area contributed by atoms with Crippen LogP contribution in [0.15, 0.2) is 12.1 Å². The Morgan fingerprint density at radius 2 is 2.31 bits per heavy atom. The third-order valence-corrected chi connectivity index (χ3v) is 1.76. The van der Waals surface area contributed by atoms with Crippen LogP contribution in [0, 0.1) is 18.8 Å². The Hall–Kier alpha value is -1.04. The van der Waals surface area contributed by atoms with Crippen LogP contribution < -0.4 is 5.32 Å². The van der Waals surface area contributed by atoms with Gasteiger partial charge in [-0.05, 0) is 26.1 Å². The Kier molecular flexibility index (Phi) is 3.75. The van der Waals surface area contributed by atoms with Crippen molar-refractivity contribution in [2.24, 2.45) is 0 Å². The lowest BCUT2D eigenvalue weighted by molar-refractivity contribution is 0.938. The topological polar surface area (TPSA) is 24.9 Å². The third kappa shape index (κ3) is 3.06. The fourth-order valence-electron chi connectivity index (χ4n) is 0.846. The van der Waals surface area contributed by atoms with Gasteiger partial charge in [0, 0.05) is 5.69 Å². The number of rotatable bonds is 1. The third-order valence-electron chi connectivity index (χ3n) is 1.48. The number of nitrogens with zero attached hydrogens (tertiary/aromatic N) is 1. The highest BCUT2D eigenvalue weighted by molar-refractivity contribution is 6.30. The molecule has 1 aromatic heterocycles. The van der Waals surface area contributed by atoms with Crippen LogP contribution in [-0.2, 0) is 0 Å². The van der Waals surface area contributed by atoms with Crippen LogP contribution in [-0.4, -0.2) is 18.6 Å². The maximum Gasteiger partial charge on any atom is 0.144 e. The first-order valence-corrected chi connectivity index (χ1v) is 4.38. The molecule has 2 nitrogen and oxygen atoms in total. The van der Waals surface area contributed by atoms with E-state index in [-0.39, 0.29) is 0 Å². The average molecular weight is 195 g/mol. The molecule has 1 aromatic rings. The second-order valence-electron chi connectivity index (χ2n) is 2.62. The van der Waals surface area contributed by atoms with Gasteiger partial charge in [-0.15, -0.1) is 0 Å². The summed E-state index contributed by atoms with van der Waals surface area (Å²) in [4.78, 5) is 4.09. The molecule has 0 bridgehead atoms. The number of pyridine rings is 1. The van der Waals surface area contributed by atoms with Crippen molar-refractivity contribution in [3.05, 3.63) is 28.5 Å². The molecule has 1 N–H and O–H groups in total. The van der Waals surface area contributed by atoms with Crippen LogP contribution in [0.25, 0.3) is 0 Å². The Balaban J connectivity index is 2.85. The van der Waals surface area contributed by atoms with Crippen molar-refractivity contribution in [3.63, 3.8) is 0 Å². The minimum atomic E-state index is 0.476. The molecule has 0 aliphatic rings. The van der Waals surface area contributed by atoms with Gasteiger partial charge in [-0.1, -0.05) is 23.4 Å². The molecular formula is C10H11ClN2. The normalized spacial score (nSPS) is 9.15. The van der Waals surface area contributed by atoms with E-state index in [0.29, 0.717) is 11.7 Å². The highest BCUT2D eigenvalue weighted by Gasteiger charge is 1.96. The molecule has 0 radical (unpaired) electrons. The van der Waals surface area contributed by atoms with Crippen LogP contribution in [0.2, 0.25) is 5.15 Å². The lowest BCUT2D eigenvalue weighted by Gasteiger charge is -1.95. The first kappa shape index (κ1) is 10.0. The summed E-state index contributed by atoms with van der Waals surface area (Å²) in [6.45, 7) is 2.56. The van der Waals surface area contributed by atoms with Crippen molar-refractivity contribution in [1.29, 1.82) is 0 Å². The van der Waals surface area contributed by atoms with Gasteiger partial charge in [0.25, 0.3) is 0 Å².